The zero-order valence-electron chi connectivity index (χ0n) is 10.9. The predicted octanol–water partition coefficient (Wildman–Crippen LogP) is 4.37. The van der Waals surface area contributed by atoms with Crippen LogP contribution in [0.3, 0.4) is 0 Å². The van der Waals surface area contributed by atoms with Crippen LogP contribution in [0.4, 0.5) is 11.4 Å². The number of hydrogen-bond donors (Lipinski definition) is 3. The predicted molar refractivity (Wildman–Crippen MR) is 79.6 cm³/mol. The average Bonchev–Trinajstić information content (AvgIpc) is 2.49. The topological polar surface area (TPSA) is 85.4 Å². The molecule has 0 aromatic heterocycles. The summed E-state index contributed by atoms with van der Waals surface area (Å²) in [5.41, 5.74) is 0.573. The number of nitrogens with zero attached hydrogens (tertiary/aromatic N) is 2. The second-order valence-corrected chi connectivity index (χ2v) is 4.49. The summed E-state index contributed by atoms with van der Waals surface area (Å²) in [6, 6.07) is 14.6. The van der Waals surface area contributed by atoms with E-state index in [0.29, 0.717) is 16.5 Å². The molecule has 3 N–H and O–H groups in total. The standard InChI is InChI=1S/C16H12N2O3/c19-14-7-3-4-11-10(14)8-9-13(16(11)21)18-17-12-5-1-2-6-15(12)20/h1-9,19-21H. The van der Waals surface area contributed by atoms with Gasteiger partial charge in [-0.15, -0.1) is 10.2 Å². The van der Waals surface area contributed by atoms with Gasteiger partial charge in [-0.25, -0.2) is 0 Å². The molecule has 0 aliphatic heterocycles. The molecule has 0 spiro atoms. The number of phenolic OH excluding ortho intramolecular Hbond substituents is 3. The molecule has 3 aromatic carbocycles. The Bertz CT molecular complexity index is 844. The molecule has 0 atom stereocenters. The second-order valence-electron chi connectivity index (χ2n) is 4.49. The van der Waals surface area contributed by atoms with Gasteiger partial charge in [0.05, 0.1) is 0 Å². The van der Waals surface area contributed by atoms with Crippen LogP contribution in [0.1, 0.15) is 0 Å². The molecule has 0 aliphatic rings. The molecule has 21 heavy (non-hydrogen) atoms. The maximum absolute atomic E-state index is 10.2. The van der Waals surface area contributed by atoms with Crippen molar-refractivity contribution < 1.29 is 15.3 Å². The number of hydrogen-bond acceptors (Lipinski definition) is 5. The van der Waals surface area contributed by atoms with Gasteiger partial charge in [-0.3, -0.25) is 0 Å². The number of phenols is 3. The lowest BCUT2D eigenvalue weighted by molar-refractivity contribution is 0.475. The number of aromatic hydroxyl groups is 3. The molecule has 0 saturated carbocycles. The summed E-state index contributed by atoms with van der Waals surface area (Å²) in [6.45, 7) is 0. The fourth-order valence-corrected chi connectivity index (χ4v) is 2.05. The first-order valence-electron chi connectivity index (χ1n) is 6.30. The normalized spacial score (nSPS) is 11.2. The van der Waals surface area contributed by atoms with E-state index in [-0.39, 0.29) is 22.9 Å². The number of benzene rings is 3. The van der Waals surface area contributed by atoms with Gasteiger partial charge in [-0.1, -0.05) is 24.3 Å². The molecule has 5 heteroatoms. The van der Waals surface area contributed by atoms with Gasteiger partial charge in [0.2, 0.25) is 0 Å². The Kier molecular flexibility index (Phi) is 3.16. The molecule has 0 bridgehead atoms. The maximum Gasteiger partial charge on any atom is 0.151 e. The second kappa shape index (κ2) is 5.13. The Morgan fingerprint density at radius 2 is 1.29 bits per heavy atom. The molecular weight excluding hydrogens is 268 g/mol. The van der Waals surface area contributed by atoms with Crippen LogP contribution in [0, 0.1) is 0 Å². The molecule has 0 radical (unpaired) electrons. The first-order valence-corrected chi connectivity index (χ1v) is 6.30. The van der Waals surface area contributed by atoms with E-state index < -0.39 is 0 Å². The molecule has 0 amide bonds. The van der Waals surface area contributed by atoms with Gasteiger partial charge in [0.1, 0.15) is 22.9 Å². The minimum absolute atomic E-state index is 0.0131. The van der Waals surface area contributed by atoms with Crippen LogP contribution in [-0.4, -0.2) is 15.3 Å². The summed E-state index contributed by atoms with van der Waals surface area (Å²) in [4.78, 5) is 0. The minimum atomic E-state index is -0.0671. The van der Waals surface area contributed by atoms with Crippen molar-refractivity contribution in [2.45, 2.75) is 0 Å². The van der Waals surface area contributed by atoms with Crippen molar-refractivity contribution in [1.82, 2.24) is 0 Å². The fraction of sp³-hybridized carbons (Fsp3) is 0. The van der Waals surface area contributed by atoms with Gasteiger partial charge >= 0.3 is 0 Å². The number of fused-ring (bicyclic) bond motifs is 1. The van der Waals surface area contributed by atoms with E-state index >= 15 is 0 Å². The van der Waals surface area contributed by atoms with Crippen LogP contribution in [0.2, 0.25) is 0 Å². The largest absolute Gasteiger partial charge is 0.507 e. The van der Waals surface area contributed by atoms with Crippen LogP contribution in [0.5, 0.6) is 17.2 Å². The molecule has 5 nitrogen and oxygen atoms in total. The Hall–Kier alpha value is -3.08. The fourth-order valence-electron chi connectivity index (χ4n) is 2.05. The minimum Gasteiger partial charge on any atom is -0.507 e. The monoisotopic (exact) mass is 280 g/mol. The van der Waals surface area contributed by atoms with Crippen molar-refractivity contribution in [2.24, 2.45) is 10.2 Å². The summed E-state index contributed by atoms with van der Waals surface area (Å²) in [5.74, 6) is 0.0359. The van der Waals surface area contributed by atoms with Crippen LogP contribution >= 0.6 is 0 Å². The van der Waals surface area contributed by atoms with E-state index in [4.69, 9.17) is 0 Å². The summed E-state index contributed by atoms with van der Waals surface area (Å²) < 4.78 is 0. The first kappa shape index (κ1) is 12.9. The van der Waals surface area contributed by atoms with E-state index in [1.54, 1.807) is 48.5 Å². The van der Waals surface area contributed by atoms with E-state index in [1.807, 2.05) is 0 Å². The summed E-state index contributed by atoms with van der Waals surface area (Å²) in [6.07, 6.45) is 0. The lowest BCUT2D eigenvalue weighted by Crippen LogP contribution is -1.76. The lowest BCUT2D eigenvalue weighted by atomic mass is 10.1. The molecule has 0 saturated heterocycles. The molecule has 0 aliphatic carbocycles. The van der Waals surface area contributed by atoms with E-state index in [1.165, 1.54) is 6.07 Å². The van der Waals surface area contributed by atoms with Crippen LogP contribution in [-0.2, 0) is 0 Å². The molecule has 104 valence electrons. The SMILES string of the molecule is Oc1ccccc1N=Nc1ccc2c(O)cccc2c1O. The Balaban J connectivity index is 2.06. The van der Waals surface area contributed by atoms with E-state index in [0.717, 1.165) is 0 Å². The molecule has 0 heterocycles. The quantitative estimate of drug-likeness (QED) is 0.609. The number of para-hydroxylation sites is 1. The highest BCUT2D eigenvalue weighted by Crippen LogP contribution is 2.39. The molecular formula is C16H12N2O3. The van der Waals surface area contributed by atoms with Crippen molar-refractivity contribution in [3.63, 3.8) is 0 Å². The summed E-state index contributed by atoms with van der Waals surface area (Å²) in [7, 11) is 0. The van der Waals surface area contributed by atoms with Crippen molar-refractivity contribution >= 4 is 22.1 Å². The van der Waals surface area contributed by atoms with Crippen LogP contribution in [0.25, 0.3) is 10.8 Å². The third kappa shape index (κ3) is 2.36. The van der Waals surface area contributed by atoms with Crippen molar-refractivity contribution in [1.29, 1.82) is 0 Å². The average molecular weight is 280 g/mol. The van der Waals surface area contributed by atoms with Crippen LogP contribution < -0.4 is 0 Å². The number of azo groups is 1. The molecule has 0 fully saturated rings. The van der Waals surface area contributed by atoms with Gasteiger partial charge in [-0.05, 0) is 30.3 Å². The molecule has 3 rings (SSSR count). The molecule has 0 unspecified atom stereocenters. The summed E-state index contributed by atoms with van der Waals surface area (Å²) in [5, 5.41) is 38.4. The zero-order valence-corrected chi connectivity index (χ0v) is 10.9. The van der Waals surface area contributed by atoms with Crippen molar-refractivity contribution in [2.75, 3.05) is 0 Å². The highest BCUT2D eigenvalue weighted by Gasteiger charge is 2.08. The zero-order chi connectivity index (χ0) is 14.8. The van der Waals surface area contributed by atoms with Crippen LogP contribution in [0.15, 0.2) is 64.8 Å². The lowest BCUT2D eigenvalue weighted by Gasteiger charge is -2.05. The Morgan fingerprint density at radius 3 is 2.10 bits per heavy atom. The van der Waals surface area contributed by atoms with Gasteiger partial charge in [0.15, 0.2) is 5.75 Å². The highest BCUT2D eigenvalue weighted by atomic mass is 16.3. The highest BCUT2D eigenvalue weighted by molar-refractivity contribution is 5.96. The third-order valence-corrected chi connectivity index (χ3v) is 3.14. The van der Waals surface area contributed by atoms with Gasteiger partial charge in [0, 0.05) is 10.8 Å². The van der Waals surface area contributed by atoms with E-state index in [2.05, 4.69) is 10.2 Å². The third-order valence-electron chi connectivity index (χ3n) is 3.14. The number of rotatable bonds is 2. The molecule has 3 aromatic rings. The van der Waals surface area contributed by atoms with Gasteiger partial charge < -0.3 is 15.3 Å². The van der Waals surface area contributed by atoms with Crippen molar-refractivity contribution in [3.8, 4) is 17.2 Å². The van der Waals surface area contributed by atoms with Crippen molar-refractivity contribution in [3.05, 3.63) is 54.6 Å². The van der Waals surface area contributed by atoms with Gasteiger partial charge in [-0.2, -0.15) is 0 Å². The Morgan fingerprint density at radius 1 is 0.571 bits per heavy atom. The first-order chi connectivity index (χ1) is 10.2. The van der Waals surface area contributed by atoms with E-state index in [9.17, 15) is 15.3 Å². The van der Waals surface area contributed by atoms with Gasteiger partial charge in [0.25, 0.3) is 0 Å². The smallest absolute Gasteiger partial charge is 0.151 e. The summed E-state index contributed by atoms with van der Waals surface area (Å²) >= 11 is 0. The Labute approximate surface area is 120 Å². The maximum atomic E-state index is 10.2.